The predicted molar refractivity (Wildman–Crippen MR) is 162 cm³/mol. The van der Waals surface area contributed by atoms with Gasteiger partial charge in [-0.2, -0.15) is 0 Å². The van der Waals surface area contributed by atoms with E-state index in [0.717, 1.165) is 70.9 Å². The molecule has 6 nitrogen and oxygen atoms in total. The molecular formula is C36H55NO5. The first-order valence-electron chi connectivity index (χ1n) is 16.9. The number of rotatable bonds is 4. The van der Waals surface area contributed by atoms with Crippen LogP contribution in [0.25, 0.3) is 0 Å². The van der Waals surface area contributed by atoms with Gasteiger partial charge in [0, 0.05) is 26.4 Å². The lowest BCUT2D eigenvalue weighted by Crippen LogP contribution is -2.68. The zero-order chi connectivity index (χ0) is 30.3. The van der Waals surface area contributed by atoms with Crippen LogP contribution >= 0.6 is 0 Å². The van der Waals surface area contributed by atoms with Crippen LogP contribution in [0.2, 0.25) is 0 Å². The van der Waals surface area contributed by atoms with Crippen LogP contribution in [0.15, 0.2) is 12.2 Å². The fourth-order valence-corrected chi connectivity index (χ4v) is 12.7. The van der Waals surface area contributed by atoms with Crippen LogP contribution in [0.3, 0.4) is 0 Å². The first kappa shape index (κ1) is 30.3. The van der Waals surface area contributed by atoms with Crippen molar-refractivity contribution < 1.29 is 23.9 Å². The van der Waals surface area contributed by atoms with Crippen molar-refractivity contribution in [3.8, 4) is 0 Å². The van der Waals surface area contributed by atoms with Gasteiger partial charge in [0.15, 0.2) is 0 Å². The van der Waals surface area contributed by atoms with E-state index in [2.05, 4.69) is 46.1 Å². The number of ether oxygens (including phenoxy) is 2. The molecule has 0 spiro atoms. The van der Waals surface area contributed by atoms with E-state index in [1.54, 1.807) is 0 Å². The number of carbonyl (C=O) groups is 3. The average Bonchev–Trinajstić information content (AvgIpc) is 3.36. The molecule has 5 saturated carbocycles. The molecular weight excluding hydrogens is 526 g/mol. The number of nitrogens with zero attached hydrogens (tertiary/aromatic N) is 1. The molecule has 0 aromatic heterocycles. The van der Waals surface area contributed by atoms with Gasteiger partial charge in [-0.05, 0) is 117 Å². The molecule has 5 aliphatic carbocycles. The fraction of sp³-hybridized carbons (Fsp3) is 0.861. The van der Waals surface area contributed by atoms with Crippen LogP contribution in [0.1, 0.15) is 106 Å². The first-order chi connectivity index (χ1) is 19.7. The topological polar surface area (TPSA) is 72.9 Å². The summed E-state index contributed by atoms with van der Waals surface area (Å²) in [6, 6.07) is 0. The zero-order valence-corrected chi connectivity index (χ0v) is 27.2. The lowest BCUT2D eigenvalue weighted by molar-refractivity contribution is -0.238. The quantitative estimate of drug-likeness (QED) is 0.276. The number of hydrogen-bond acceptors (Lipinski definition) is 5. The molecule has 234 valence electrons. The lowest BCUT2D eigenvalue weighted by atomic mass is 9.32. The largest absolute Gasteiger partial charge is 0.465 e. The second-order valence-electron chi connectivity index (χ2n) is 16.4. The van der Waals surface area contributed by atoms with Crippen molar-refractivity contribution >= 4 is 17.7 Å². The maximum absolute atomic E-state index is 14.5. The van der Waals surface area contributed by atoms with Crippen molar-refractivity contribution in [1.29, 1.82) is 0 Å². The average molecular weight is 582 g/mol. The molecule has 10 atom stereocenters. The first-order valence-corrected chi connectivity index (χ1v) is 16.9. The Balaban J connectivity index is 1.36. The highest BCUT2D eigenvalue weighted by atomic mass is 16.5. The van der Waals surface area contributed by atoms with E-state index >= 15 is 0 Å². The SMILES string of the molecule is C=C(C)[C@@H]1CC[C@]2(C(=O)N3CCOCC3)CC[C@]3(C)[C@H](CC[C@@H]4[C@@]5(C)CCC(=O)[C@@](C)(COC(C)=O)[C@@H]5CC[C@]43C)[C@@H]12. The van der Waals surface area contributed by atoms with Crippen LogP contribution in [-0.4, -0.2) is 55.5 Å². The van der Waals surface area contributed by atoms with Crippen molar-refractivity contribution in [1.82, 2.24) is 4.90 Å². The number of Topliss-reactive ketones (excluding diaryl/α,β-unsaturated/α-hetero) is 1. The molecule has 0 bridgehead atoms. The zero-order valence-electron chi connectivity index (χ0n) is 27.2. The van der Waals surface area contributed by atoms with Crippen LogP contribution in [0, 0.1) is 56.7 Å². The summed E-state index contributed by atoms with van der Waals surface area (Å²) >= 11 is 0. The van der Waals surface area contributed by atoms with Crippen LogP contribution in [0.4, 0.5) is 0 Å². The summed E-state index contributed by atoms with van der Waals surface area (Å²) in [5.41, 5.74) is 0.687. The fourth-order valence-electron chi connectivity index (χ4n) is 12.7. The van der Waals surface area contributed by atoms with Gasteiger partial charge in [0.2, 0.25) is 5.91 Å². The number of morpholine rings is 1. The summed E-state index contributed by atoms with van der Waals surface area (Å²) < 4.78 is 11.2. The van der Waals surface area contributed by atoms with Crippen molar-refractivity contribution in [3.63, 3.8) is 0 Å². The molecule has 6 rings (SSSR count). The van der Waals surface area contributed by atoms with E-state index in [9.17, 15) is 14.4 Å². The molecule has 0 unspecified atom stereocenters. The van der Waals surface area contributed by atoms with Crippen LogP contribution in [0.5, 0.6) is 0 Å². The summed E-state index contributed by atoms with van der Waals surface area (Å²) in [6.07, 6.45) is 10.1. The van der Waals surface area contributed by atoms with Crippen LogP contribution in [-0.2, 0) is 23.9 Å². The molecule has 42 heavy (non-hydrogen) atoms. The highest BCUT2D eigenvalue weighted by Gasteiger charge is 2.72. The second-order valence-corrected chi connectivity index (χ2v) is 16.4. The summed E-state index contributed by atoms with van der Waals surface area (Å²) in [4.78, 5) is 41.9. The van der Waals surface area contributed by atoms with Gasteiger partial charge in [-0.1, -0.05) is 32.9 Å². The minimum atomic E-state index is -0.611. The van der Waals surface area contributed by atoms with Crippen molar-refractivity contribution in [2.45, 2.75) is 106 Å². The summed E-state index contributed by atoms with van der Waals surface area (Å²) in [7, 11) is 0. The van der Waals surface area contributed by atoms with E-state index < -0.39 is 5.41 Å². The van der Waals surface area contributed by atoms with Gasteiger partial charge in [-0.25, -0.2) is 0 Å². The summed E-state index contributed by atoms with van der Waals surface area (Å²) in [5, 5.41) is 0. The van der Waals surface area contributed by atoms with E-state index in [0.29, 0.717) is 49.2 Å². The number of amides is 1. The van der Waals surface area contributed by atoms with Crippen molar-refractivity contribution in [2.75, 3.05) is 32.9 Å². The van der Waals surface area contributed by atoms with Gasteiger partial charge >= 0.3 is 5.97 Å². The third kappa shape index (κ3) is 4.01. The van der Waals surface area contributed by atoms with Crippen molar-refractivity contribution in [3.05, 3.63) is 12.2 Å². The van der Waals surface area contributed by atoms with Crippen LogP contribution < -0.4 is 0 Å². The Morgan fingerprint density at radius 1 is 0.905 bits per heavy atom. The molecule has 1 amide bonds. The number of allylic oxidation sites excluding steroid dienone is 1. The molecule has 0 N–H and O–H groups in total. The summed E-state index contributed by atoms with van der Waals surface area (Å²) in [6.45, 7) is 20.8. The van der Waals surface area contributed by atoms with Gasteiger partial charge in [-0.15, -0.1) is 0 Å². The number of esters is 1. The number of hydrogen-bond donors (Lipinski definition) is 0. The van der Waals surface area contributed by atoms with Crippen molar-refractivity contribution in [2.24, 2.45) is 56.7 Å². The third-order valence-electron chi connectivity index (χ3n) is 14.9. The van der Waals surface area contributed by atoms with Gasteiger partial charge in [0.05, 0.1) is 24.0 Å². The lowest BCUT2D eigenvalue weighted by Gasteiger charge is -2.72. The normalized spacial score (nSPS) is 48.4. The molecule has 1 heterocycles. The molecule has 1 saturated heterocycles. The predicted octanol–water partition coefficient (Wildman–Crippen LogP) is 6.62. The highest BCUT2D eigenvalue weighted by Crippen LogP contribution is 2.77. The van der Waals surface area contributed by atoms with E-state index in [-0.39, 0.29) is 45.9 Å². The smallest absolute Gasteiger partial charge is 0.302 e. The minimum absolute atomic E-state index is 0.0331. The highest BCUT2D eigenvalue weighted by molar-refractivity contribution is 5.86. The Labute approximate surface area is 253 Å². The molecule has 1 aliphatic heterocycles. The Hall–Kier alpha value is -1.69. The second kappa shape index (κ2) is 10.2. The Kier molecular flexibility index (Phi) is 7.35. The van der Waals surface area contributed by atoms with Gasteiger partial charge < -0.3 is 14.4 Å². The monoisotopic (exact) mass is 581 g/mol. The van der Waals surface area contributed by atoms with E-state index in [4.69, 9.17) is 9.47 Å². The Bertz CT molecular complexity index is 1160. The molecule has 6 fully saturated rings. The van der Waals surface area contributed by atoms with E-state index in [1.807, 2.05) is 0 Å². The number of carbonyl (C=O) groups excluding carboxylic acids is 3. The number of fused-ring (bicyclic) bond motifs is 7. The van der Waals surface area contributed by atoms with Gasteiger partial charge in [-0.3, -0.25) is 14.4 Å². The molecule has 0 radical (unpaired) electrons. The Morgan fingerprint density at radius 3 is 2.29 bits per heavy atom. The van der Waals surface area contributed by atoms with Gasteiger partial charge in [0.25, 0.3) is 0 Å². The standard InChI is InChI=1S/C36H55NO5/c1-23(2)25-10-15-36(31(40)37-18-20-41-21-19-37)17-16-34(6)26(30(25)36)8-9-28-32(4)13-12-29(39)33(5,22-42-24(3)38)27(32)11-14-35(28,34)7/h25-28,30H,1,8-22H2,2-7H3/t25-,26+,27+,28+,30+,32-,33-,34+,35+,36-/m0/s1. The van der Waals surface area contributed by atoms with Gasteiger partial charge in [0.1, 0.15) is 12.4 Å². The molecule has 0 aromatic rings. The maximum atomic E-state index is 14.5. The third-order valence-corrected chi connectivity index (χ3v) is 14.9. The van der Waals surface area contributed by atoms with E-state index in [1.165, 1.54) is 12.5 Å². The molecule has 6 heteroatoms. The Morgan fingerprint density at radius 2 is 1.62 bits per heavy atom. The maximum Gasteiger partial charge on any atom is 0.302 e. The molecule has 0 aromatic carbocycles. The number of ketones is 1. The summed E-state index contributed by atoms with van der Waals surface area (Å²) in [5.74, 6) is 2.38. The molecule has 6 aliphatic rings. The minimum Gasteiger partial charge on any atom is -0.465 e.